The first-order valence-electron chi connectivity index (χ1n) is 6.09. The molecular weight excluding hydrogens is 226 g/mol. The summed E-state index contributed by atoms with van der Waals surface area (Å²) in [6, 6.07) is 14.9. The number of aromatic nitrogens is 1. The summed E-state index contributed by atoms with van der Waals surface area (Å²) in [5, 5.41) is 0.530. The third-order valence-electron chi connectivity index (χ3n) is 3.17. The van der Waals surface area contributed by atoms with Crippen LogP contribution in [0.2, 0.25) is 0 Å². The molecule has 0 amide bonds. The summed E-state index contributed by atoms with van der Waals surface area (Å²) >= 11 is 1.94. The number of pyridine rings is 1. The Labute approximate surface area is 106 Å². The largest absolute Gasteiger partial charge is 0.260 e. The van der Waals surface area contributed by atoms with Crippen LogP contribution in [0.1, 0.15) is 29.3 Å². The van der Waals surface area contributed by atoms with E-state index >= 15 is 0 Å². The summed E-state index contributed by atoms with van der Waals surface area (Å²) < 4.78 is 0. The molecular formula is C15H15NS. The van der Waals surface area contributed by atoms with Crippen molar-refractivity contribution in [3.8, 4) is 0 Å². The summed E-state index contributed by atoms with van der Waals surface area (Å²) in [5.74, 6) is 0. The van der Waals surface area contributed by atoms with Crippen molar-refractivity contribution in [2.45, 2.75) is 29.4 Å². The van der Waals surface area contributed by atoms with E-state index in [2.05, 4.69) is 41.4 Å². The average Bonchev–Trinajstić information content (AvgIpc) is 2.40. The summed E-state index contributed by atoms with van der Waals surface area (Å²) in [5.41, 5.74) is 2.74. The normalized spacial score (nSPS) is 18.7. The molecule has 0 N–H and O–H groups in total. The lowest BCUT2D eigenvalue weighted by atomic mass is 9.96. The molecule has 1 nitrogen and oxygen atoms in total. The minimum Gasteiger partial charge on any atom is -0.260 e. The zero-order valence-electron chi connectivity index (χ0n) is 9.67. The van der Waals surface area contributed by atoms with Gasteiger partial charge in [0.05, 0.1) is 10.9 Å². The Morgan fingerprint density at radius 3 is 2.82 bits per heavy atom. The minimum atomic E-state index is 0.530. The quantitative estimate of drug-likeness (QED) is 0.779. The molecule has 1 aromatic carbocycles. The first-order valence-corrected chi connectivity index (χ1v) is 6.97. The van der Waals surface area contributed by atoms with Crippen LogP contribution in [0, 0.1) is 0 Å². The van der Waals surface area contributed by atoms with Crippen molar-refractivity contribution in [1.29, 1.82) is 0 Å². The van der Waals surface area contributed by atoms with Crippen LogP contribution in [0.5, 0.6) is 0 Å². The second-order valence-electron chi connectivity index (χ2n) is 4.36. The molecule has 1 heterocycles. The zero-order valence-corrected chi connectivity index (χ0v) is 10.5. The third-order valence-corrected chi connectivity index (χ3v) is 4.45. The van der Waals surface area contributed by atoms with Gasteiger partial charge in [-0.25, -0.2) is 0 Å². The fourth-order valence-corrected chi connectivity index (χ4v) is 3.60. The van der Waals surface area contributed by atoms with Crippen LogP contribution in [-0.2, 0) is 6.42 Å². The molecule has 0 saturated heterocycles. The van der Waals surface area contributed by atoms with Gasteiger partial charge in [0, 0.05) is 11.1 Å². The van der Waals surface area contributed by atoms with Crippen LogP contribution in [0.25, 0.3) is 0 Å². The lowest BCUT2D eigenvalue weighted by Crippen LogP contribution is -2.08. The second kappa shape index (κ2) is 4.92. The first-order chi connectivity index (χ1) is 8.43. The van der Waals surface area contributed by atoms with E-state index in [0.29, 0.717) is 5.25 Å². The van der Waals surface area contributed by atoms with E-state index in [1.54, 1.807) is 0 Å². The predicted octanol–water partition coefficient (Wildman–Crippen LogP) is 4.25. The van der Waals surface area contributed by atoms with E-state index in [-0.39, 0.29) is 0 Å². The van der Waals surface area contributed by atoms with Crippen LogP contribution in [0.15, 0.2) is 53.6 Å². The number of benzene rings is 1. The van der Waals surface area contributed by atoms with Gasteiger partial charge in [-0.05, 0) is 43.0 Å². The molecule has 0 spiro atoms. The van der Waals surface area contributed by atoms with E-state index in [1.165, 1.54) is 35.4 Å². The predicted molar refractivity (Wildman–Crippen MR) is 72.2 cm³/mol. The van der Waals surface area contributed by atoms with Gasteiger partial charge in [0.25, 0.3) is 0 Å². The molecule has 17 heavy (non-hydrogen) atoms. The fraction of sp³-hybridized carbons (Fsp3) is 0.267. The number of hydrogen-bond acceptors (Lipinski definition) is 2. The van der Waals surface area contributed by atoms with Crippen molar-refractivity contribution in [1.82, 2.24) is 4.98 Å². The highest BCUT2D eigenvalue weighted by atomic mass is 32.2. The molecule has 0 fully saturated rings. The highest BCUT2D eigenvalue weighted by Gasteiger charge is 2.21. The monoisotopic (exact) mass is 241 g/mol. The molecule has 0 saturated carbocycles. The average molecular weight is 241 g/mol. The second-order valence-corrected chi connectivity index (χ2v) is 5.64. The van der Waals surface area contributed by atoms with Crippen molar-refractivity contribution in [3.63, 3.8) is 0 Å². The summed E-state index contributed by atoms with van der Waals surface area (Å²) in [4.78, 5) is 5.92. The molecule has 1 atom stereocenters. The van der Waals surface area contributed by atoms with Gasteiger partial charge in [-0.3, -0.25) is 4.98 Å². The van der Waals surface area contributed by atoms with E-state index in [0.717, 1.165) is 0 Å². The van der Waals surface area contributed by atoms with Crippen LogP contribution < -0.4 is 0 Å². The van der Waals surface area contributed by atoms with Crippen LogP contribution in [0.4, 0.5) is 0 Å². The molecule has 1 unspecified atom stereocenters. The van der Waals surface area contributed by atoms with Gasteiger partial charge in [0.2, 0.25) is 0 Å². The number of rotatable bonds is 2. The highest BCUT2D eigenvalue weighted by molar-refractivity contribution is 7.99. The van der Waals surface area contributed by atoms with Crippen molar-refractivity contribution in [2.75, 3.05) is 0 Å². The molecule has 0 bridgehead atoms. The van der Waals surface area contributed by atoms with Gasteiger partial charge in [0.15, 0.2) is 0 Å². The third kappa shape index (κ3) is 2.37. The molecule has 1 aliphatic rings. The SMILES string of the molecule is c1ccc(SC2CCCc3cccnc32)cc1. The molecule has 1 aliphatic carbocycles. The maximum absolute atomic E-state index is 4.58. The Balaban J connectivity index is 1.86. The van der Waals surface area contributed by atoms with Crippen molar-refractivity contribution in [2.24, 2.45) is 0 Å². The molecule has 2 heteroatoms. The van der Waals surface area contributed by atoms with Gasteiger partial charge in [-0.15, -0.1) is 11.8 Å². The standard InChI is InChI=1S/C15H15NS/c1-2-8-13(9-3-1)17-14-10-4-6-12-7-5-11-16-15(12)14/h1-3,5,7-9,11,14H,4,6,10H2. The van der Waals surface area contributed by atoms with Crippen molar-refractivity contribution >= 4 is 11.8 Å². The maximum Gasteiger partial charge on any atom is 0.0569 e. The molecule has 1 aromatic heterocycles. The number of nitrogens with zero attached hydrogens (tertiary/aromatic N) is 1. The Kier molecular flexibility index (Phi) is 3.14. The zero-order chi connectivity index (χ0) is 11.5. The maximum atomic E-state index is 4.58. The van der Waals surface area contributed by atoms with Crippen LogP contribution in [0.3, 0.4) is 0 Å². The lowest BCUT2D eigenvalue weighted by molar-refractivity contribution is 0.656. The van der Waals surface area contributed by atoms with Gasteiger partial charge in [0.1, 0.15) is 0 Å². The number of aryl methyl sites for hydroxylation is 1. The first kappa shape index (κ1) is 10.8. The van der Waals surface area contributed by atoms with Gasteiger partial charge < -0.3 is 0 Å². The Hall–Kier alpha value is -1.28. The highest BCUT2D eigenvalue weighted by Crippen LogP contribution is 2.41. The summed E-state index contributed by atoms with van der Waals surface area (Å²) in [6.07, 6.45) is 5.63. The Morgan fingerprint density at radius 2 is 1.94 bits per heavy atom. The molecule has 2 aromatic rings. The van der Waals surface area contributed by atoms with E-state index in [1.807, 2.05) is 24.0 Å². The van der Waals surface area contributed by atoms with Crippen molar-refractivity contribution in [3.05, 3.63) is 59.9 Å². The van der Waals surface area contributed by atoms with Crippen molar-refractivity contribution < 1.29 is 0 Å². The summed E-state index contributed by atoms with van der Waals surface area (Å²) in [6.45, 7) is 0. The Morgan fingerprint density at radius 1 is 1.06 bits per heavy atom. The van der Waals surface area contributed by atoms with Gasteiger partial charge in [-0.1, -0.05) is 24.3 Å². The molecule has 86 valence electrons. The molecule has 0 aliphatic heterocycles. The van der Waals surface area contributed by atoms with E-state index < -0.39 is 0 Å². The van der Waals surface area contributed by atoms with E-state index in [4.69, 9.17) is 0 Å². The van der Waals surface area contributed by atoms with Crippen LogP contribution >= 0.6 is 11.8 Å². The molecule has 3 rings (SSSR count). The number of hydrogen-bond donors (Lipinski definition) is 0. The lowest BCUT2D eigenvalue weighted by Gasteiger charge is -2.23. The van der Waals surface area contributed by atoms with E-state index in [9.17, 15) is 0 Å². The number of thioether (sulfide) groups is 1. The number of fused-ring (bicyclic) bond motifs is 1. The minimum absolute atomic E-state index is 0.530. The topological polar surface area (TPSA) is 12.9 Å². The van der Waals surface area contributed by atoms with Gasteiger partial charge >= 0.3 is 0 Å². The van der Waals surface area contributed by atoms with Crippen LogP contribution in [-0.4, -0.2) is 4.98 Å². The fourth-order valence-electron chi connectivity index (χ4n) is 2.34. The molecule has 0 radical (unpaired) electrons. The summed E-state index contributed by atoms with van der Waals surface area (Å²) in [7, 11) is 0. The Bertz CT molecular complexity index is 495. The smallest absolute Gasteiger partial charge is 0.0569 e. The van der Waals surface area contributed by atoms with Gasteiger partial charge in [-0.2, -0.15) is 0 Å².